The first-order valence-electron chi connectivity index (χ1n) is 2.78. The predicted molar refractivity (Wildman–Crippen MR) is 33.7 cm³/mol. The van der Waals surface area contributed by atoms with Gasteiger partial charge in [-0.15, -0.1) is 0 Å². The Morgan fingerprint density at radius 3 is 1.90 bits per heavy atom. The maximum atomic E-state index is 8.25. The molecule has 0 N–H and O–H groups in total. The van der Waals surface area contributed by atoms with Gasteiger partial charge in [-0.25, -0.2) is 0 Å². The molecular formula is C7H11O2Ti. The van der Waals surface area contributed by atoms with Gasteiger partial charge in [0, 0.05) is 0 Å². The molecule has 0 aromatic carbocycles. The van der Waals surface area contributed by atoms with Crippen LogP contribution in [0.4, 0.5) is 0 Å². The van der Waals surface area contributed by atoms with Crippen molar-refractivity contribution in [3.63, 3.8) is 0 Å². The molecule has 0 aromatic heterocycles. The van der Waals surface area contributed by atoms with Gasteiger partial charge in [-0.05, 0) is 0 Å². The molecule has 0 aliphatic heterocycles. The summed E-state index contributed by atoms with van der Waals surface area (Å²) in [6.45, 7) is 0. The Balaban J connectivity index is 0. The third-order valence-electron chi connectivity index (χ3n) is 0.771. The fourth-order valence-corrected chi connectivity index (χ4v) is 0.782. The molecule has 0 atom stereocenters. The summed E-state index contributed by atoms with van der Waals surface area (Å²) in [4.78, 5) is 0. The molecule has 0 saturated carbocycles. The standard InChI is InChI=1S/C5H5.2CH3O.Ti/c1-2-4-5-3-1;2*1-2;/h1-3H,4H2;2*1H3;/q;2*-1;+2. The molecule has 1 aliphatic carbocycles. The van der Waals surface area contributed by atoms with Crippen LogP contribution in [0, 0.1) is 0 Å². The first-order chi connectivity index (χ1) is 4.89. The molecule has 10 heavy (non-hydrogen) atoms. The van der Waals surface area contributed by atoms with Gasteiger partial charge in [-0.1, -0.05) is 0 Å². The molecule has 0 aromatic rings. The van der Waals surface area contributed by atoms with Gasteiger partial charge in [0.05, 0.1) is 0 Å². The van der Waals surface area contributed by atoms with Crippen molar-refractivity contribution in [1.82, 2.24) is 0 Å². The maximum absolute atomic E-state index is 8.25. The predicted octanol–water partition coefficient (Wildman–Crippen LogP) is -0.670. The Kier molecular flexibility index (Phi) is 15.1. The molecule has 0 bridgehead atoms. The first-order valence-corrected chi connectivity index (χ1v) is 3.56. The van der Waals surface area contributed by atoms with Gasteiger partial charge >= 0.3 is 49.0 Å². The van der Waals surface area contributed by atoms with Gasteiger partial charge in [-0.3, -0.25) is 0 Å². The first kappa shape index (κ1) is 12.8. The molecule has 55 valence electrons. The number of rotatable bonds is 0. The minimum absolute atomic E-state index is 0.750. The van der Waals surface area contributed by atoms with Crippen molar-refractivity contribution in [1.29, 1.82) is 0 Å². The van der Waals surface area contributed by atoms with Crippen molar-refractivity contribution in [2.24, 2.45) is 0 Å². The zero-order chi connectivity index (χ0) is 8.41. The summed E-state index contributed by atoms with van der Waals surface area (Å²) in [5.41, 5.74) is 0. The van der Waals surface area contributed by atoms with E-state index in [-0.39, 0.29) is 0 Å². The molecule has 1 rings (SSSR count). The van der Waals surface area contributed by atoms with Crippen LogP contribution >= 0.6 is 0 Å². The topological polar surface area (TPSA) is 46.1 Å². The second kappa shape index (κ2) is 11.9. The Labute approximate surface area is 73.7 Å². The zero-order valence-corrected chi connectivity index (χ0v) is 7.82. The van der Waals surface area contributed by atoms with Crippen LogP contribution in [0.3, 0.4) is 0 Å². The van der Waals surface area contributed by atoms with E-state index in [0.29, 0.717) is 0 Å². The molecule has 0 saturated heterocycles. The van der Waals surface area contributed by atoms with Gasteiger partial charge in [0.2, 0.25) is 0 Å². The van der Waals surface area contributed by atoms with E-state index >= 15 is 0 Å². The van der Waals surface area contributed by atoms with E-state index in [2.05, 4.69) is 38.7 Å². The van der Waals surface area contributed by atoms with E-state index in [4.69, 9.17) is 10.2 Å². The molecule has 0 fully saturated rings. The fourth-order valence-electron chi connectivity index (χ4n) is 0.447. The number of hydrogen-bond acceptors (Lipinski definition) is 2. The molecular weight excluding hydrogens is 164 g/mol. The zero-order valence-electron chi connectivity index (χ0n) is 6.26. The van der Waals surface area contributed by atoms with Gasteiger partial charge in [-0.2, -0.15) is 14.2 Å². The van der Waals surface area contributed by atoms with Crippen LogP contribution in [0.15, 0.2) is 22.1 Å². The SMILES string of the molecule is C[O-].C[O-].[Ti+2][C]1=CC=CC1. The summed E-state index contributed by atoms with van der Waals surface area (Å²) >= 11 is 2.14. The van der Waals surface area contributed by atoms with Crippen LogP contribution in [0.5, 0.6) is 0 Å². The third-order valence-corrected chi connectivity index (χ3v) is 1.35. The van der Waals surface area contributed by atoms with Gasteiger partial charge in [0.25, 0.3) is 0 Å². The van der Waals surface area contributed by atoms with Crippen LogP contribution in [0.2, 0.25) is 0 Å². The average Bonchev–Trinajstić information content (AvgIpc) is 2.48. The van der Waals surface area contributed by atoms with Gasteiger partial charge < -0.3 is 10.2 Å². The molecule has 1 aliphatic rings. The van der Waals surface area contributed by atoms with E-state index in [1.165, 1.54) is 10.3 Å². The van der Waals surface area contributed by atoms with Crippen LogP contribution in [-0.2, 0) is 20.4 Å². The molecule has 0 unspecified atom stereocenters. The van der Waals surface area contributed by atoms with Crippen molar-refractivity contribution in [2.75, 3.05) is 14.2 Å². The molecule has 3 heteroatoms. The molecule has 0 heterocycles. The summed E-state index contributed by atoms with van der Waals surface area (Å²) < 4.78 is 1.47. The average molecular weight is 175 g/mol. The van der Waals surface area contributed by atoms with Crippen molar-refractivity contribution >= 4 is 0 Å². The van der Waals surface area contributed by atoms with Crippen molar-refractivity contribution in [2.45, 2.75) is 6.42 Å². The Morgan fingerprint density at radius 1 is 1.30 bits per heavy atom. The summed E-state index contributed by atoms with van der Waals surface area (Å²) in [5.74, 6) is 0. The Morgan fingerprint density at radius 2 is 1.80 bits per heavy atom. The monoisotopic (exact) mass is 175 g/mol. The van der Waals surface area contributed by atoms with Crippen molar-refractivity contribution < 1.29 is 30.6 Å². The second-order valence-electron chi connectivity index (χ2n) is 1.32. The molecule has 0 radical (unpaired) electrons. The summed E-state index contributed by atoms with van der Waals surface area (Å²) in [6.07, 6.45) is 7.56. The van der Waals surface area contributed by atoms with Crippen LogP contribution in [0.25, 0.3) is 0 Å². The van der Waals surface area contributed by atoms with Gasteiger partial charge in [0.15, 0.2) is 0 Å². The van der Waals surface area contributed by atoms with Crippen LogP contribution in [0.1, 0.15) is 6.42 Å². The van der Waals surface area contributed by atoms with E-state index < -0.39 is 0 Å². The Bertz CT molecular complexity index is 108. The van der Waals surface area contributed by atoms with E-state index in [1.54, 1.807) is 0 Å². The normalized spacial score (nSPS) is 12.4. The van der Waals surface area contributed by atoms with Crippen molar-refractivity contribution in [3.05, 3.63) is 22.1 Å². The van der Waals surface area contributed by atoms with Gasteiger partial charge in [0.1, 0.15) is 0 Å². The van der Waals surface area contributed by atoms with Crippen LogP contribution in [-0.4, -0.2) is 14.2 Å². The molecule has 2 nitrogen and oxygen atoms in total. The molecule has 0 amide bonds. The third kappa shape index (κ3) is 8.11. The minimum atomic E-state index is 0.750. The van der Waals surface area contributed by atoms with E-state index in [1.807, 2.05) is 0 Å². The summed E-state index contributed by atoms with van der Waals surface area (Å²) in [5, 5.41) is 16.5. The van der Waals surface area contributed by atoms with Crippen molar-refractivity contribution in [3.8, 4) is 0 Å². The summed E-state index contributed by atoms with van der Waals surface area (Å²) in [7, 11) is 1.50. The van der Waals surface area contributed by atoms with Crippen LogP contribution < -0.4 is 10.2 Å². The fraction of sp³-hybridized carbons (Fsp3) is 0.429. The van der Waals surface area contributed by atoms with E-state index in [9.17, 15) is 0 Å². The second-order valence-corrected chi connectivity index (χ2v) is 2.33. The molecule has 0 spiro atoms. The van der Waals surface area contributed by atoms with E-state index in [0.717, 1.165) is 14.2 Å². The number of allylic oxidation sites excluding steroid dienone is 4. The quantitative estimate of drug-likeness (QED) is 0.458. The Hall–Kier alpha value is 0.114. The number of hydrogen-bond donors (Lipinski definition) is 0. The summed E-state index contributed by atoms with van der Waals surface area (Å²) in [6, 6.07) is 0.